The molecule has 4 nitrogen and oxygen atoms in total. The predicted octanol–water partition coefficient (Wildman–Crippen LogP) is 5.06. The molecular formula is C16H18ClF2N3OS. The molecule has 0 atom stereocenters. The van der Waals surface area contributed by atoms with Crippen molar-refractivity contribution in [1.82, 2.24) is 14.7 Å². The molecule has 8 heteroatoms. The van der Waals surface area contributed by atoms with Gasteiger partial charge in [-0.05, 0) is 25.0 Å². The topological polar surface area (TPSA) is 38.1 Å². The SMILES string of the molecule is CCCN(CCC)C(=O)n1cc(Cl)c(Sc2cccc(F)c2F)n1. The van der Waals surface area contributed by atoms with Crippen LogP contribution < -0.4 is 0 Å². The molecule has 2 aromatic rings. The van der Waals surface area contributed by atoms with Crippen molar-refractivity contribution < 1.29 is 13.6 Å². The Balaban J connectivity index is 2.23. The van der Waals surface area contributed by atoms with Gasteiger partial charge in [0.15, 0.2) is 11.6 Å². The molecule has 0 saturated carbocycles. The molecule has 2 rings (SSSR count). The van der Waals surface area contributed by atoms with Crippen LogP contribution in [-0.2, 0) is 0 Å². The number of amides is 1. The Bertz CT molecular complexity index is 717. The molecule has 1 aromatic carbocycles. The molecule has 0 unspecified atom stereocenters. The molecule has 0 aliphatic rings. The summed E-state index contributed by atoms with van der Waals surface area (Å²) >= 11 is 6.98. The first-order valence-corrected chi connectivity index (χ1v) is 8.83. The molecule has 0 bridgehead atoms. The first-order valence-electron chi connectivity index (χ1n) is 7.64. The molecule has 0 radical (unpaired) electrons. The third kappa shape index (κ3) is 4.27. The zero-order valence-corrected chi connectivity index (χ0v) is 15.0. The summed E-state index contributed by atoms with van der Waals surface area (Å²) < 4.78 is 28.2. The number of carbonyl (C=O) groups excluding carboxylic acids is 1. The highest BCUT2D eigenvalue weighted by molar-refractivity contribution is 7.99. The van der Waals surface area contributed by atoms with Gasteiger partial charge in [-0.2, -0.15) is 9.78 Å². The van der Waals surface area contributed by atoms with Crippen molar-refractivity contribution in [2.45, 2.75) is 36.6 Å². The van der Waals surface area contributed by atoms with Crippen LogP contribution in [0.3, 0.4) is 0 Å². The molecule has 1 heterocycles. The Morgan fingerprint density at radius 3 is 2.58 bits per heavy atom. The summed E-state index contributed by atoms with van der Waals surface area (Å²) in [5.41, 5.74) is 0. The number of hydrogen-bond acceptors (Lipinski definition) is 3. The minimum absolute atomic E-state index is 0.0635. The fourth-order valence-corrected chi connectivity index (χ4v) is 3.23. The molecule has 1 amide bonds. The van der Waals surface area contributed by atoms with E-state index in [4.69, 9.17) is 11.6 Å². The smallest absolute Gasteiger partial charge is 0.323 e. The summed E-state index contributed by atoms with van der Waals surface area (Å²) in [6, 6.07) is 3.59. The van der Waals surface area contributed by atoms with Crippen molar-refractivity contribution in [2.75, 3.05) is 13.1 Å². The third-order valence-electron chi connectivity index (χ3n) is 3.21. The van der Waals surface area contributed by atoms with E-state index >= 15 is 0 Å². The van der Waals surface area contributed by atoms with Gasteiger partial charge < -0.3 is 4.90 Å². The van der Waals surface area contributed by atoms with Crippen LogP contribution in [-0.4, -0.2) is 33.8 Å². The quantitative estimate of drug-likeness (QED) is 0.710. The standard InChI is InChI=1S/C16H18ClF2N3OS/c1-3-8-21(9-4-2)16(23)22-10-11(17)15(20-22)24-13-7-5-6-12(18)14(13)19/h5-7,10H,3-4,8-9H2,1-2H3. The van der Waals surface area contributed by atoms with E-state index in [1.54, 1.807) is 4.90 Å². The second-order valence-electron chi connectivity index (χ2n) is 5.15. The van der Waals surface area contributed by atoms with E-state index in [1.807, 2.05) is 13.8 Å². The highest BCUT2D eigenvalue weighted by atomic mass is 35.5. The first kappa shape index (κ1) is 18.7. The van der Waals surface area contributed by atoms with E-state index in [-0.39, 0.29) is 21.0 Å². The maximum absolute atomic E-state index is 13.8. The van der Waals surface area contributed by atoms with Crippen LogP contribution in [0.1, 0.15) is 26.7 Å². The van der Waals surface area contributed by atoms with Crippen LogP contribution in [0.15, 0.2) is 34.3 Å². The van der Waals surface area contributed by atoms with E-state index in [0.29, 0.717) is 13.1 Å². The molecule has 0 spiro atoms. The van der Waals surface area contributed by atoms with Crippen LogP contribution >= 0.6 is 23.4 Å². The van der Waals surface area contributed by atoms with Crippen molar-refractivity contribution in [2.24, 2.45) is 0 Å². The zero-order chi connectivity index (χ0) is 17.7. The van der Waals surface area contributed by atoms with Gasteiger partial charge in [0.1, 0.15) is 5.03 Å². The van der Waals surface area contributed by atoms with Crippen molar-refractivity contribution in [3.05, 3.63) is 41.1 Å². The Kier molecular flexibility index (Phi) is 6.62. The van der Waals surface area contributed by atoms with Gasteiger partial charge in [-0.15, -0.1) is 0 Å². The van der Waals surface area contributed by atoms with Crippen molar-refractivity contribution in [3.63, 3.8) is 0 Å². The Labute approximate surface area is 148 Å². The second kappa shape index (κ2) is 8.48. The fourth-order valence-electron chi connectivity index (χ4n) is 2.16. The summed E-state index contributed by atoms with van der Waals surface area (Å²) in [5, 5.41) is 4.59. The third-order valence-corrected chi connectivity index (χ3v) is 4.63. The number of nitrogens with zero attached hydrogens (tertiary/aromatic N) is 3. The van der Waals surface area contributed by atoms with Crippen LogP contribution in [0.2, 0.25) is 5.02 Å². The molecule has 130 valence electrons. The highest BCUT2D eigenvalue weighted by Gasteiger charge is 2.19. The summed E-state index contributed by atoms with van der Waals surface area (Å²) in [6.45, 7) is 5.20. The second-order valence-corrected chi connectivity index (χ2v) is 6.59. The summed E-state index contributed by atoms with van der Waals surface area (Å²) in [7, 11) is 0. The molecule has 0 fully saturated rings. The number of rotatable bonds is 6. The summed E-state index contributed by atoms with van der Waals surface area (Å²) in [5.74, 6) is -1.90. The first-order chi connectivity index (χ1) is 11.5. The molecule has 0 aliphatic heterocycles. The lowest BCUT2D eigenvalue weighted by Gasteiger charge is -2.20. The normalized spacial score (nSPS) is 10.9. The number of hydrogen-bond donors (Lipinski definition) is 0. The Hall–Kier alpha value is -1.60. The summed E-state index contributed by atoms with van der Waals surface area (Å²) in [4.78, 5) is 14.2. The van der Waals surface area contributed by atoms with E-state index in [0.717, 1.165) is 35.4 Å². The minimum atomic E-state index is -0.960. The lowest BCUT2D eigenvalue weighted by atomic mass is 10.3. The van der Waals surface area contributed by atoms with Crippen molar-refractivity contribution >= 4 is 29.4 Å². The molecular weight excluding hydrogens is 356 g/mol. The van der Waals surface area contributed by atoms with Gasteiger partial charge in [-0.1, -0.05) is 43.3 Å². The van der Waals surface area contributed by atoms with Gasteiger partial charge in [0.05, 0.1) is 16.1 Å². The number of benzene rings is 1. The average molecular weight is 374 g/mol. The highest BCUT2D eigenvalue weighted by Crippen LogP contribution is 2.34. The van der Waals surface area contributed by atoms with E-state index in [2.05, 4.69) is 5.10 Å². The number of aromatic nitrogens is 2. The van der Waals surface area contributed by atoms with Crippen LogP contribution in [0.25, 0.3) is 0 Å². The van der Waals surface area contributed by atoms with E-state index < -0.39 is 11.6 Å². The number of halogens is 3. The zero-order valence-electron chi connectivity index (χ0n) is 13.4. The maximum atomic E-state index is 13.8. The molecule has 0 N–H and O–H groups in total. The Morgan fingerprint density at radius 2 is 1.96 bits per heavy atom. The number of carbonyl (C=O) groups is 1. The lowest BCUT2D eigenvalue weighted by Crippen LogP contribution is -2.36. The van der Waals surface area contributed by atoms with Gasteiger partial charge in [-0.3, -0.25) is 0 Å². The molecule has 0 saturated heterocycles. The molecule has 0 aliphatic carbocycles. The van der Waals surface area contributed by atoms with E-state index in [9.17, 15) is 13.6 Å². The van der Waals surface area contributed by atoms with Crippen molar-refractivity contribution in [1.29, 1.82) is 0 Å². The van der Waals surface area contributed by atoms with Crippen LogP contribution in [0.5, 0.6) is 0 Å². The average Bonchev–Trinajstić information content (AvgIpc) is 2.92. The monoisotopic (exact) mass is 373 g/mol. The summed E-state index contributed by atoms with van der Waals surface area (Å²) in [6.07, 6.45) is 3.05. The fraction of sp³-hybridized carbons (Fsp3) is 0.375. The largest absolute Gasteiger partial charge is 0.344 e. The molecule has 24 heavy (non-hydrogen) atoms. The van der Waals surface area contributed by atoms with Crippen molar-refractivity contribution in [3.8, 4) is 0 Å². The van der Waals surface area contributed by atoms with E-state index in [1.165, 1.54) is 18.3 Å². The lowest BCUT2D eigenvalue weighted by molar-refractivity contribution is 0.196. The van der Waals surface area contributed by atoms with Gasteiger partial charge in [0.25, 0.3) is 0 Å². The van der Waals surface area contributed by atoms with Gasteiger partial charge in [0, 0.05) is 13.1 Å². The van der Waals surface area contributed by atoms with Gasteiger partial charge >= 0.3 is 6.03 Å². The maximum Gasteiger partial charge on any atom is 0.344 e. The minimum Gasteiger partial charge on any atom is -0.323 e. The Morgan fingerprint density at radius 1 is 1.29 bits per heavy atom. The molecule has 1 aromatic heterocycles. The predicted molar refractivity (Wildman–Crippen MR) is 90.7 cm³/mol. The van der Waals surface area contributed by atoms with Crippen LogP contribution in [0, 0.1) is 11.6 Å². The van der Waals surface area contributed by atoms with Crippen LogP contribution in [0.4, 0.5) is 13.6 Å². The van der Waals surface area contributed by atoms with Gasteiger partial charge in [-0.25, -0.2) is 13.6 Å². The van der Waals surface area contributed by atoms with Gasteiger partial charge in [0.2, 0.25) is 0 Å².